The van der Waals surface area contributed by atoms with Gasteiger partial charge >= 0.3 is 0 Å². The second-order valence-corrected chi connectivity index (χ2v) is 8.18. The fourth-order valence-corrected chi connectivity index (χ4v) is 4.15. The molecule has 28 heavy (non-hydrogen) atoms. The number of nitrogens with one attached hydrogen (secondary N) is 1. The van der Waals surface area contributed by atoms with Crippen LogP contribution in [0.3, 0.4) is 0 Å². The first kappa shape index (κ1) is 20.4. The number of rotatable bonds is 6. The number of para-hydroxylation sites is 1. The van der Waals surface area contributed by atoms with Gasteiger partial charge in [-0.25, -0.2) is 4.98 Å². The molecule has 0 spiro atoms. The van der Waals surface area contributed by atoms with E-state index in [1.165, 1.54) is 11.8 Å². The van der Waals surface area contributed by atoms with Crippen LogP contribution >= 0.6 is 11.8 Å². The fourth-order valence-electron chi connectivity index (χ4n) is 3.38. The second-order valence-electron chi connectivity index (χ2n) is 7.22. The van der Waals surface area contributed by atoms with E-state index in [0.29, 0.717) is 16.6 Å². The Morgan fingerprint density at radius 3 is 2.89 bits per heavy atom. The van der Waals surface area contributed by atoms with Gasteiger partial charge in [0.05, 0.1) is 11.3 Å². The number of hydrogen-bond donors (Lipinski definition) is 1. The number of nitriles is 1. The van der Waals surface area contributed by atoms with Crippen LogP contribution < -0.4 is 5.32 Å². The number of anilines is 1. The van der Waals surface area contributed by atoms with Crippen LogP contribution in [0, 0.1) is 11.3 Å². The molecule has 1 N–H and O–H groups in total. The topological polar surface area (TPSA) is 69.0 Å². The summed E-state index contributed by atoms with van der Waals surface area (Å²) in [6.07, 6.45) is 1.74. The Bertz CT molecular complexity index is 904. The predicted molar refractivity (Wildman–Crippen MR) is 113 cm³/mol. The van der Waals surface area contributed by atoms with Crippen molar-refractivity contribution in [3.8, 4) is 6.07 Å². The Kier molecular flexibility index (Phi) is 6.71. The molecule has 0 fully saturated rings. The minimum absolute atomic E-state index is 0.0831. The van der Waals surface area contributed by atoms with Crippen molar-refractivity contribution >= 4 is 23.4 Å². The highest BCUT2D eigenvalue weighted by atomic mass is 32.2. The van der Waals surface area contributed by atoms with Gasteiger partial charge < -0.3 is 5.32 Å². The van der Waals surface area contributed by atoms with Gasteiger partial charge in [0.1, 0.15) is 11.1 Å². The van der Waals surface area contributed by atoms with E-state index >= 15 is 0 Å². The Balaban J connectivity index is 1.69. The Labute approximate surface area is 171 Å². The highest BCUT2D eigenvalue weighted by molar-refractivity contribution is 8.00. The number of fused-ring (bicyclic) bond motifs is 1. The van der Waals surface area contributed by atoms with Crippen LogP contribution in [0.4, 0.5) is 5.69 Å². The van der Waals surface area contributed by atoms with Crippen LogP contribution in [0.5, 0.6) is 0 Å². The summed E-state index contributed by atoms with van der Waals surface area (Å²) in [4.78, 5) is 19.5. The van der Waals surface area contributed by atoms with Gasteiger partial charge in [-0.05, 0) is 43.5 Å². The molecule has 3 rings (SSSR count). The largest absolute Gasteiger partial charge is 0.325 e. The number of hydrogen-bond acceptors (Lipinski definition) is 5. The van der Waals surface area contributed by atoms with Crippen molar-refractivity contribution in [2.24, 2.45) is 0 Å². The zero-order valence-electron chi connectivity index (χ0n) is 16.7. The molecule has 146 valence electrons. The van der Waals surface area contributed by atoms with Gasteiger partial charge in [-0.1, -0.05) is 36.9 Å². The number of nitrogens with zero attached hydrogens (tertiary/aromatic N) is 3. The maximum atomic E-state index is 12.4. The molecule has 5 nitrogen and oxygen atoms in total. The number of aromatic nitrogens is 1. The normalized spacial score (nSPS) is 13.8. The van der Waals surface area contributed by atoms with Gasteiger partial charge in [0.15, 0.2) is 0 Å². The standard InChI is InChI=1S/C22H26N4OS/c1-4-16-7-5-6-8-19(16)24-21(27)14-28-22-17(12-23)11-18-13-26(15(2)3)10-9-20(18)25-22/h5-8,11,15H,4,9-10,13-14H2,1-3H3,(H,24,27). The highest BCUT2D eigenvalue weighted by Gasteiger charge is 2.22. The summed E-state index contributed by atoms with van der Waals surface area (Å²) in [6, 6.07) is 12.5. The van der Waals surface area contributed by atoms with Gasteiger partial charge in [0, 0.05) is 36.9 Å². The summed E-state index contributed by atoms with van der Waals surface area (Å²) in [7, 11) is 0. The Morgan fingerprint density at radius 1 is 1.39 bits per heavy atom. The number of amides is 1. The molecule has 0 saturated heterocycles. The molecule has 2 heterocycles. The first-order valence-corrected chi connectivity index (χ1v) is 10.7. The summed E-state index contributed by atoms with van der Waals surface area (Å²) < 4.78 is 0. The molecule has 6 heteroatoms. The molecular weight excluding hydrogens is 368 g/mol. The molecule has 1 aliphatic heterocycles. The highest BCUT2D eigenvalue weighted by Crippen LogP contribution is 2.27. The molecule has 1 amide bonds. The van der Waals surface area contributed by atoms with E-state index in [2.05, 4.69) is 37.1 Å². The van der Waals surface area contributed by atoms with Gasteiger partial charge in [0.25, 0.3) is 0 Å². The first-order valence-electron chi connectivity index (χ1n) is 9.69. The molecule has 0 radical (unpaired) electrons. The molecule has 1 aliphatic rings. The summed E-state index contributed by atoms with van der Waals surface area (Å²) in [5.74, 6) is 0.150. The van der Waals surface area contributed by atoms with Crippen LogP contribution in [0.2, 0.25) is 0 Å². The lowest BCUT2D eigenvalue weighted by molar-refractivity contribution is -0.113. The number of aryl methyl sites for hydroxylation is 1. The lowest BCUT2D eigenvalue weighted by Gasteiger charge is -2.31. The second kappa shape index (κ2) is 9.22. The molecule has 2 aromatic rings. The van der Waals surface area contributed by atoms with E-state index in [4.69, 9.17) is 4.98 Å². The number of thioether (sulfide) groups is 1. The van der Waals surface area contributed by atoms with Crippen molar-refractivity contribution in [2.75, 3.05) is 17.6 Å². The monoisotopic (exact) mass is 394 g/mol. The lowest BCUT2D eigenvalue weighted by Crippen LogP contribution is -2.36. The van der Waals surface area contributed by atoms with Crippen molar-refractivity contribution in [1.82, 2.24) is 9.88 Å². The van der Waals surface area contributed by atoms with Crippen molar-refractivity contribution in [1.29, 1.82) is 5.26 Å². The molecule has 0 aliphatic carbocycles. The van der Waals surface area contributed by atoms with E-state index in [9.17, 15) is 10.1 Å². The quantitative estimate of drug-likeness (QED) is 0.750. The Hall–Kier alpha value is -2.36. The molecule has 1 aromatic carbocycles. The average molecular weight is 395 g/mol. The number of pyridine rings is 1. The zero-order chi connectivity index (χ0) is 20.1. The molecule has 0 bridgehead atoms. The summed E-state index contributed by atoms with van der Waals surface area (Å²) in [5.41, 5.74) is 4.69. The van der Waals surface area contributed by atoms with Gasteiger partial charge in [-0.2, -0.15) is 5.26 Å². The lowest BCUT2D eigenvalue weighted by atomic mass is 10.0. The third kappa shape index (κ3) is 4.73. The van der Waals surface area contributed by atoms with E-state index in [-0.39, 0.29) is 11.7 Å². The van der Waals surface area contributed by atoms with Crippen LogP contribution in [0.25, 0.3) is 0 Å². The third-order valence-electron chi connectivity index (χ3n) is 5.03. The smallest absolute Gasteiger partial charge is 0.234 e. The maximum Gasteiger partial charge on any atom is 0.234 e. The number of benzene rings is 1. The summed E-state index contributed by atoms with van der Waals surface area (Å²) >= 11 is 1.33. The molecule has 0 saturated carbocycles. The van der Waals surface area contributed by atoms with Gasteiger partial charge in [0.2, 0.25) is 5.91 Å². The SMILES string of the molecule is CCc1ccccc1NC(=O)CSc1nc2c(cc1C#N)CN(C(C)C)CC2. The van der Waals surface area contributed by atoms with Crippen LogP contribution in [-0.4, -0.2) is 34.1 Å². The van der Waals surface area contributed by atoms with E-state index in [1.54, 1.807) is 0 Å². The number of carbonyl (C=O) groups is 1. The summed E-state index contributed by atoms with van der Waals surface area (Å²) in [6.45, 7) is 8.23. The van der Waals surface area contributed by atoms with Crippen LogP contribution in [0.15, 0.2) is 35.4 Å². The van der Waals surface area contributed by atoms with Gasteiger partial charge in [-0.3, -0.25) is 9.69 Å². The first-order chi connectivity index (χ1) is 13.5. The minimum Gasteiger partial charge on any atom is -0.325 e. The van der Waals surface area contributed by atoms with E-state index in [1.807, 2.05) is 30.3 Å². The van der Waals surface area contributed by atoms with Crippen molar-refractivity contribution in [3.63, 3.8) is 0 Å². The Morgan fingerprint density at radius 2 is 2.18 bits per heavy atom. The minimum atomic E-state index is -0.0831. The molecule has 0 unspecified atom stereocenters. The van der Waals surface area contributed by atoms with Crippen molar-refractivity contribution in [2.45, 2.75) is 51.2 Å². The van der Waals surface area contributed by atoms with Crippen LogP contribution in [-0.2, 0) is 24.2 Å². The van der Waals surface area contributed by atoms with Crippen molar-refractivity contribution < 1.29 is 4.79 Å². The average Bonchev–Trinajstić information content (AvgIpc) is 2.71. The predicted octanol–water partition coefficient (Wildman–Crippen LogP) is 4.01. The van der Waals surface area contributed by atoms with Gasteiger partial charge in [-0.15, -0.1) is 0 Å². The third-order valence-corrected chi connectivity index (χ3v) is 6.02. The van der Waals surface area contributed by atoms with E-state index < -0.39 is 0 Å². The fraction of sp³-hybridized carbons (Fsp3) is 0.409. The molecular formula is C22H26N4OS. The van der Waals surface area contributed by atoms with E-state index in [0.717, 1.165) is 48.4 Å². The summed E-state index contributed by atoms with van der Waals surface area (Å²) in [5, 5.41) is 13.2. The number of carbonyl (C=O) groups excluding carboxylic acids is 1. The molecule has 1 aromatic heterocycles. The van der Waals surface area contributed by atoms with Crippen LogP contribution in [0.1, 0.15) is 43.2 Å². The maximum absolute atomic E-state index is 12.4. The molecule has 0 atom stereocenters. The van der Waals surface area contributed by atoms with Crippen molar-refractivity contribution in [3.05, 3.63) is 52.7 Å². The zero-order valence-corrected chi connectivity index (χ0v) is 17.5.